The first-order chi connectivity index (χ1) is 10.3. The Labute approximate surface area is 121 Å². The van der Waals surface area contributed by atoms with E-state index >= 15 is 0 Å². The predicted octanol–water partition coefficient (Wildman–Crippen LogP) is 2.19. The first-order valence-corrected chi connectivity index (χ1v) is 6.25. The minimum Gasteiger partial charge on any atom is -0.354 e. The van der Waals surface area contributed by atoms with Crippen molar-refractivity contribution in [2.75, 3.05) is 17.7 Å². The van der Waals surface area contributed by atoms with Crippen LogP contribution in [0.1, 0.15) is 17.5 Å². The van der Waals surface area contributed by atoms with Gasteiger partial charge in [0.05, 0.1) is 18.0 Å². The Balaban J connectivity index is 1.91. The Morgan fingerprint density at radius 1 is 1.29 bits per heavy atom. The number of aliphatic imine (C=N–C) groups is 1. The highest BCUT2D eigenvalue weighted by Crippen LogP contribution is 2.32. The number of nitrogens with zero attached hydrogens (tertiary/aromatic N) is 4. The summed E-state index contributed by atoms with van der Waals surface area (Å²) in [5, 5.41) is 15.0. The van der Waals surface area contributed by atoms with Gasteiger partial charge in [-0.15, -0.1) is 0 Å². The third-order valence-electron chi connectivity index (χ3n) is 3.03. The molecule has 0 aliphatic carbocycles. The maximum atomic E-state index is 8.80. The van der Waals surface area contributed by atoms with Crippen LogP contribution >= 0.6 is 0 Å². The van der Waals surface area contributed by atoms with E-state index in [0.717, 1.165) is 11.4 Å². The summed E-state index contributed by atoms with van der Waals surface area (Å²) in [5.41, 5.74) is 2.83. The minimum atomic E-state index is -0.439. The van der Waals surface area contributed by atoms with Crippen molar-refractivity contribution in [2.45, 2.75) is 6.23 Å². The van der Waals surface area contributed by atoms with Gasteiger partial charge >= 0.3 is 0 Å². The van der Waals surface area contributed by atoms with Crippen molar-refractivity contribution >= 4 is 23.5 Å². The highest BCUT2D eigenvalue weighted by Gasteiger charge is 2.21. The van der Waals surface area contributed by atoms with Crippen LogP contribution < -0.4 is 10.6 Å². The molecule has 0 saturated carbocycles. The molecule has 0 amide bonds. The van der Waals surface area contributed by atoms with E-state index in [2.05, 4.69) is 31.7 Å². The molecule has 0 saturated heterocycles. The zero-order chi connectivity index (χ0) is 14.7. The molecule has 1 aromatic carbocycles. The second kappa shape index (κ2) is 5.56. The largest absolute Gasteiger partial charge is 0.354 e. The van der Waals surface area contributed by atoms with Gasteiger partial charge in [-0.25, -0.2) is 15.0 Å². The Hall–Kier alpha value is -2.98. The molecule has 7 heteroatoms. The van der Waals surface area contributed by atoms with Crippen LogP contribution in [0.4, 0.5) is 17.2 Å². The smallest absolute Gasteiger partial charge is 0.194 e. The molecule has 1 aliphatic rings. The highest BCUT2D eigenvalue weighted by atomic mass is 16.5. The van der Waals surface area contributed by atoms with Crippen molar-refractivity contribution < 1.29 is 4.74 Å². The fraction of sp³-hybridized carbons (Fsp3) is 0.143. The molecule has 1 atom stereocenters. The van der Waals surface area contributed by atoms with E-state index in [9.17, 15) is 0 Å². The molecular weight excluding hydrogens is 268 g/mol. The molecule has 0 radical (unpaired) electrons. The van der Waals surface area contributed by atoms with E-state index in [1.165, 1.54) is 6.33 Å². The summed E-state index contributed by atoms with van der Waals surface area (Å²) in [6.45, 7) is 0. The number of ether oxygens (including phenoxy) is 1. The van der Waals surface area contributed by atoms with Gasteiger partial charge in [-0.1, -0.05) is 0 Å². The maximum absolute atomic E-state index is 8.80. The molecule has 1 aromatic heterocycles. The first-order valence-electron chi connectivity index (χ1n) is 6.25. The molecule has 104 valence electrons. The van der Waals surface area contributed by atoms with Crippen molar-refractivity contribution in [2.24, 2.45) is 4.99 Å². The molecule has 21 heavy (non-hydrogen) atoms. The van der Waals surface area contributed by atoms with Gasteiger partial charge in [0.2, 0.25) is 0 Å². The first kappa shape index (κ1) is 13.0. The molecule has 3 rings (SSSR count). The van der Waals surface area contributed by atoms with E-state index in [4.69, 9.17) is 10.00 Å². The highest BCUT2D eigenvalue weighted by molar-refractivity contribution is 5.86. The van der Waals surface area contributed by atoms with Crippen LogP contribution in [-0.2, 0) is 4.74 Å². The van der Waals surface area contributed by atoms with Crippen LogP contribution in [0.2, 0.25) is 0 Å². The standard InChI is InChI=1S/C14H12N6O/c1-21-14-12-11(16-8-19-14)13(18-7-17-12)20-10-4-2-9(6-15)3-5-10/h2-5,7-8,14H,1H3,(H,16,19)(H,17,18,20). The fourth-order valence-electron chi connectivity index (χ4n) is 2.00. The van der Waals surface area contributed by atoms with Gasteiger partial charge in [-0.2, -0.15) is 5.26 Å². The van der Waals surface area contributed by atoms with Crippen molar-refractivity contribution in [3.8, 4) is 6.07 Å². The number of rotatable bonds is 3. The summed E-state index contributed by atoms with van der Waals surface area (Å²) in [4.78, 5) is 12.6. The second-order valence-electron chi connectivity index (χ2n) is 4.31. The third-order valence-corrected chi connectivity index (χ3v) is 3.03. The lowest BCUT2D eigenvalue weighted by Gasteiger charge is -2.20. The Morgan fingerprint density at radius 3 is 2.81 bits per heavy atom. The Kier molecular flexibility index (Phi) is 3.45. The number of anilines is 3. The Bertz CT molecular complexity index is 719. The van der Waals surface area contributed by atoms with Gasteiger partial charge in [0.25, 0.3) is 0 Å². The number of fused-ring (bicyclic) bond motifs is 1. The van der Waals surface area contributed by atoms with E-state index < -0.39 is 6.23 Å². The van der Waals surface area contributed by atoms with Gasteiger partial charge in [-0.05, 0) is 24.3 Å². The molecular formula is C14H12N6O. The number of methoxy groups -OCH3 is 1. The molecule has 0 fully saturated rings. The molecule has 7 nitrogen and oxygen atoms in total. The van der Waals surface area contributed by atoms with E-state index in [0.29, 0.717) is 17.1 Å². The molecule has 0 spiro atoms. The van der Waals surface area contributed by atoms with Crippen LogP contribution in [-0.4, -0.2) is 23.4 Å². The number of nitriles is 1. The number of hydrogen-bond donors (Lipinski definition) is 2. The van der Waals surface area contributed by atoms with Crippen molar-refractivity contribution in [3.63, 3.8) is 0 Å². The maximum Gasteiger partial charge on any atom is 0.194 e. The summed E-state index contributed by atoms with van der Waals surface area (Å²) >= 11 is 0. The summed E-state index contributed by atoms with van der Waals surface area (Å²) in [6.07, 6.45) is 2.58. The molecule has 1 aliphatic heterocycles. The summed E-state index contributed by atoms with van der Waals surface area (Å²) in [6, 6.07) is 9.19. The molecule has 2 aromatic rings. The lowest BCUT2D eigenvalue weighted by molar-refractivity contribution is 0.108. The van der Waals surface area contributed by atoms with E-state index in [1.54, 1.807) is 25.6 Å². The van der Waals surface area contributed by atoms with Crippen LogP contribution in [0.3, 0.4) is 0 Å². The normalized spacial score (nSPS) is 15.7. The van der Waals surface area contributed by atoms with Crippen LogP contribution in [0.5, 0.6) is 0 Å². The average molecular weight is 280 g/mol. The SMILES string of the molecule is COC1N=CNc2c(Nc3ccc(C#N)cc3)ncnc21. The quantitative estimate of drug-likeness (QED) is 0.894. The molecule has 1 unspecified atom stereocenters. The second-order valence-corrected chi connectivity index (χ2v) is 4.31. The summed E-state index contributed by atoms with van der Waals surface area (Å²) in [7, 11) is 1.58. The average Bonchev–Trinajstić information content (AvgIpc) is 2.55. The molecule has 0 bridgehead atoms. The zero-order valence-corrected chi connectivity index (χ0v) is 11.2. The predicted molar refractivity (Wildman–Crippen MR) is 78.3 cm³/mol. The minimum absolute atomic E-state index is 0.439. The van der Waals surface area contributed by atoms with Crippen molar-refractivity contribution in [3.05, 3.63) is 41.9 Å². The van der Waals surface area contributed by atoms with E-state index in [1.807, 2.05) is 12.1 Å². The summed E-state index contributed by atoms with van der Waals surface area (Å²) in [5.74, 6) is 0.623. The lowest BCUT2D eigenvalue weighted by Crippen LogP contribution is -2.16. The van der Waals surface area contributed by atoms with Crippen molar-refractivity contribution in [1.29, 1.82) is 5.26 Å². The van der Waals surface area contributed by atoms with Gasteiger partial charge in [0.1, 0.15) is 17.7 Å². The van der Waals surface area contributed by atoms with Gasteiger partial charge in [-0.3, -0.25) is 0 Å². The van der Waals surface area contributed by atoms with Gasteiger partial charge < -0.3 is 15.4 Å². The Morgan fingerprint density at radius 2 is 2.10 bits per heavy atom. The van der Waals surface area contributed by atoms with Crippen LogP contribution in [0, 0.1) is 11.3 Å². The topological polar surface area (TPSA) is 95.2 Å². The van der Waals surface area contributed by atoms with Crippen LogP contribution in [0.15, 0.2) is 35.6 Å². The lowest BCUT2D eigenvalue weighted by atomic mass is 10.2. The number of nitrogens with one attached hydrogen (secondary N) is 2. The fourth-order valence-corrected chi connectivity index (χ4v) is 2.00. The van der Waals surface area contributed by atoms with E-state index in [-0.39, 0.29) is 0 Å². The monoisotopic (exact) mass is 280 g/mol. The third kappa shape index (κ3) is 2.52. The number of benzene rings is 1. The number of aromatic nitrogens is 2. The molecule has 2 N–H and O–H groups in total. The van der Waals surface area contributed by atoms with Crippen molar-refractivity contribution in [1.82, 2.24) is 9.97 Å². The van der Waals surface area contributed by atoms with Gasteiger partial charge in [0, 0.05) is 12.8 Å². The van der Waals surface area contributed by atoms with Gasteiger partial charge in [0.15, 0.2) is 12.0 Å². The number of hydrogen-bond acceptors (Lipinski definition) is 7. The summed E-state index contributed by atoms with van der Waals surface area (Å²) < 4.78 is 5.26. The molecule has 2 heterocycles. The van der Waals surface area contributed by atoms with Crippen LogP contribution in [0.25, 0.3) is 0 Å². The zero-order valence-electron chi connectivity index (χ0n) is 11.2.